The first kappa shape index (κ1) is 15.8. The minimum Gasteiger partial charge on any atom is -0.463 e. The summed E-state index contributed by atoms with van der Waals surface area (Å²) in [6.07, 6.45) is 10.3. The van der Waals surface area contributed by atoms with E-state index < -0.39 is 11.0 Å². The highest BCUT2D eigenvalue weighted by atomic mass is 16.5. The Hall–Kier alpha value is -1.27. The molecule has 0 amide bonds. The maximum atomic E-state index is 11.4. The molecule has 1 aliphatic carbocycles. The minimum absolute atomic E-state index is 0.000644. The molecule has 1 N–H and O–H groups in total. The minimum atomic E-state index is -0.964. The lowest BCUT2D eigenvalue weighted by atomic mass is 9.74. The van der Waals surface area contributed by atoms with Gasteiger partial charge >= 0.3 is 5.97 Å². The van der Waals surface area contributed by atoms with E-state index in [1.807, 2.05) is 6.92 Å². The zero-order chi connectivity index (χ0) is 14.7. The van der Waals surface area contributed by atoms with E-state index in [0.29, 0.717) is 19.4 Å². The molecule has 0 saturated heterocycles. The average Bonchev–Trinajstić information content (AvgIpc) is 2.43. The smallest absolute Gasteiger partial charge is 0.330 e. The Morgan fingerprint density at radius 1 is 1.42 bits per heavy atom. The fourth-order valence-electron chi connectivity index (χ4n) is 3.30. The number of aliphatic hydroxyl groups is 1. The molecule has 1 aliphatic rings. The number of hydrogen-bond acceptors (Lipinski definition) is 3. The Morgan fingerprint density at radius 2 is 2.05 bits per heavy atom. The van der Waals surface area contributed by atoms with Crippen molar-refractivity contribution in [1.29, 1.82) is 0 Å². The third kappa shape index (κ3) is 3.39. The lowest BCUT2D eigenvalue weighted by Gasteiger charge is -2.36. The molecule has 0 spiro atoms. The molecular weight excluding hydrogens is 240 g/mol. The Labute approximate surface area is 116 Å². The van der Waals surface area contributed by atoms with Crippen molar-refractivity contribution in [3.8, 4) is 12.3 Å². The second-order valence-corrected chi connectivity index (χ2v) is 6.43. The Morgan fingerprint density at radius 3 is 2.58 bits per heavy atom. The number of hydrogen-bond donors (Lipinski definition) is 1. The van der Waals surface area contributed by atoms with Crippen LogP contribution in [0.3, 0.4) is 0 Å². The molecule has 0 aromatic rings. The SMILES string of the molecule is C#CC[C@]1(O)CC(C)(C)C[C@]1(C)/C=C/C(=O)OCC. The Bertz CT molecular complexity index is 416. The highest BCUT2D eigenvalue weighted by Gasteiger charge is 2.55. The fourth-order valence-corrected chi connectivity index (χ4v) is 3.30. The highest BCUT2D eigenvalue weighted by Crippen LogP contribution is 2.57. The van der Waals surface area contributed by atoms with Crippen molar-refractivity contribution in [2.75, 3.05) is 6.61 Å². The molecule has 0 bridgehead atoms. The molecule has 19 heavy (non-hydrogen) atoms. The summed E-state index contributed by atoms with van der Waals surface area (Å²) >= 11 is 0. The van der Waals surface area contributed by atoms with Gasteiger partial charge in [-0.25, -0.2) is 4.79 Å². The van der Waals surface area contributed by atoms with Gasteiger partial charge in [-0.2, -0.15) is 0 Å². The maximum Gasteiger partial charge on any atom is 0.330 e. The molecule has 0 aromatic heterocycles. The Balaban J connectivity index is 2.99. The van der Waals surface area contributed by atoms with Gasteiger partial charge in [0.2, 0.25) is 0 Å². The first-order chi connectivity index (χ1) is 8.68. The van der Waals surface area contributed by atoms with Crippen molar-refractivity contribution in [3.05, 3.63) is 12.2 Å². The molecular formula is C16H24O3. The van der Waals surface area contributed by atoms with Gasteiger partial charge in [-0.3, -0.25) is 0 Å². The van der Waals surface area contributed by atoms with Crippen LogP contribution in [0.2, 0.25) is 0 Å². The summed E-state index contributed by atoms with van der Waals surface area (Å²) in [5.41, 5.74) is -1.47. The van der Waals surface area contributed by atoms with Crippen LogP contribution >= 0.6 is 0 Å². The molecule has 0 heterocycles. The third-order valence-corrected chi connectivity index (χ3v) is 3.95. The van der Waals surface area contributed by atoms with Gasteiger partial charge in [0.15, 0.2) is 0 Å². The van der Waals surface area contributed by atoms with Gasteiger partial charge in [0.1, 0.15) is 0 Å². The number of terminal acetylenes is 1. The first-order valence-electron chi connectivity index (χ1n) is 6.70. The van der Waals surface area contributed by atoms with Crippen LogP contribution in [0.1, 0.15) is 47.0 Å². The zero-order valence-corrected chi connectivity index (χ0v) is 12.3. The third-order valence-electron chi connectivity index (χ3n) is 3.95. The molecule has 0 aliphatic heterocycles. The van der Waals surface area contributed by atoms with Crippen molar-refractivity contribution in [2.24, 2.45) is 10.8 Å². The molecule has 1 fully saturated rings. The van der Waals surface area contributed by atoms with Crippen molar-refractivity contribution in [1.82, 2.24) is 0 Å². The summed E-state index contributed by atoms with van der Waals surface area (Å²) in [6, 6.07) is 0. The maximum absolute atomic E-state index is 11.4. The second-order valence-electron chi connectivity index (χ2n) is 6.43. The standard InChI is InChI=1S/C16H24O3/c1-6-9-16(18)12-14(3,4)11-15(16,5)10-8-13(17)19-7-2/h1,8,10,18H,7,9,11-12H2,2-5H3/b10-8+/t15-,16-/m0/s1. The summed E-state index contributed by atoms with van der Waals surface area (Å²) in [6.45, 7) is 8.28. The molecule has 106 valence electrons. The van der Waals surface area contributed by atoms with E-state index in [0.717, 1.165) is 6.42 Å². The summed E-state index contributed by atoms with van der Waals surface area (Å²) < 4.78 is 4.88. The summed E-state index contributed by atoms with van der Waals surface area (Å²) in [5, 5.41) is 10.8. The molecule has 3 nitrogen and oxygen atoms in total. The molecule has 3 heteroatoms. The van der Waals surface area contributed by atoms with Crippen LogP contribution in [0.15, 0.2) is 12.2 Å². The van der Waals surface area contributed by atoms with E-state index >= 15 is 0 Å². The van der Waals surface area contributed by atoms with Crippen molar-refractivity contribution >= 4 is 5.97 Å². The highest BCUT2D eigenvalue weighted by molar-refractivity contribution is 5.82. The molecule has 0 aromatic carbocycles. The topological polar surface area (TPSA) is 46.5 Å². The predicted molar refractivity (Wildman–Crippen MR) is 75.3 cm³/mol. The fraction of sp³-hybridized carbons (Fsp3) is 0.688. The summed E-state index contributed by atoms with van der Waals surface area (Å²) in [4.78, 5) is 11.4. The van der Waals surface area contributed by atoms with E-state index in [1.54, 1.807) is 13.0 Å². The number of carbonyl (C=O) groups excluding carboxylic acids is 1. The van der Waals surface area contributed by atoms with E-state index in [-0.39, 0.29) is 11.4 Å². The van der Waals surface area contributed by atoms with Crippen molar-refractivity contribution in [2.45, 2.75) is 52.6 Å². The van der Waals surface area contributed by atoms with Crippen LogP contribution in [0, 0.1) is 23.2 Å². The average molecular weight is 264 g/mol. The van der Waals surface area contributed by atoms with E-state index in [9.17, 15) is 9.90 Å². The van der Waals surface area contributed by atoms with Crippen LogP contribution < -0.4 is 0 Å². The van der Waals surface area contributed by atoms with Gasteiger partial charge in [0, 0.05) is 17.9 Å². The zero-order valence-electron chi connectivity index (χ0n) is 12.3. The van der Waals surface area contributed by atoms with Crippen LogP contribution in [0.4, 0.5) is 0 Å². The second kappa shape index (κ2) is 5.38. The van der Waals surface area contributed by atoms with Crippen LogP contribution in [-0.4, -0.2) is 23.3 Å². The van der Waals surface area contributed by atoms with Gasteiger partial charge in [0.05, 0.1) is 12.2 Å². The van der Waals surface area contributed by atoms with Gasteiger partial charge < -0.3 is 9.84 Å². The van der Waals surface area contributed by atoms with E-state index in [4.69, 9.17) is 11.2 Å². The van der Waals surface area contributed by atoms with Gasteiger partial charge in [0.25, 0.3) is 0 Å². The molecule has 0 unspecified atom stereocenters. The summed E-state index contributed by atoms with van der Waals surface area (Å²) in [7, 11) is 0. The lowest BCUT2D eigenvalue weighted by Crippen LogP contribution is -2.40. The quantitative estimate of drug-likeness (QED) is 0.482. The van der Waals surface area contributed by atoms with Crippen molar-refractivity contribution in [3.63, 3.8) is 0 Å². The van der Waals surface area contributed by atoms with Crippen LogP contribution in [0.25, 0.3) is 0 Å². The van der Waals surface area contributed by atoms with Crippen LogP contribution in [0.5, 0.6) is 0 Å². The number of ether oxygens (including phenoxy) is 1. The predicted octanol–water partition coefficient (Wildman–Crippen LogP) is 2.69. The van der Waals surface area contributed by atoms with E-state index in [1.165, 1.54) is 6.08 Å². The number of carbonyl (C=O) groups is 1. The number of esters is 1. The molecule has 0 radical (unpaired) electrons. The van der Waals surface area contributed by atoms with Gasteiger partial charge in [-0.15, -0.1) is 12.3 Å². The first-order valence-corrected chi connectivity index (χ1v) is 6.70. The lowest BCUT2D eigenvalue weighted by molar-refractivity contribution is -0.137. The van der Waals surface area contributed by atoms with Crippen LogP contribution in [-0.2, 0) is 9.53 Å². The number of rotatable bonds is 4. The largest absolute Gasteiger partial charge is 0.463 e. The molecule has 2 atom stereocenters. The molecule has 1 saturated carbocycles. The Kier molecular flexibility index (Phi) is 4.47. The van der Waals surface area contributed by atoms with Gasteiger partial charge in [-0.05, 0) is 25.2 Å². The van der Waals surface area contributed by atoms with Crippen molar-refractivity contribution < 1.29 is 14.6 Å². The van der Waals surface area contributed by atoms with E-state index in [2.05, 4.69) is 19.8 Å². The molecule has 1 rings (SSSR count). The van der Waals surface area contributed by atoms with Gasteiger partial charge in [-0.1, -0.05) is 26.8 Å². The monoisotopic (exact) mass is 264 g/mol. The normalized spacial score (nSPS) is 33.3. The summed E-state index contributed by atoms with van der Waals surface area (Å²) in [5.74, 6) is 2.18.